The molecule has 0 aromatic heterocycles. The molecule has 188 valence electrons. The molecule has 0 spiro atoms. The molecule has 0 unspecified atom stereocenters. The highest BCUT2D eigenvalue weighted by Gasteiger charge is 2.23. The number of halogens is 4. The average Bonchev–Trinajstić information content (AvgIpc) is 2.84. The summed E-state index contributed by atoms with van der Waals surface area (Å²) in [6.45, 7) is 0. The first-order valence-corrected chi connectivity index (χ1v) is 13.0. The minimum absolute atomic E-state index is 0.0970. The standard InChI is InChI=1S/C26H16Br2Cl2N2O5/c27-21-13-19(29)5-3-17(21)9-15-1-7-25(23(11-15)31(33)34)37-26-8-2-16(12-24(26)32(35)36)10-18-4-6-20(30)14-22(18)28/h1-8,11-14H,9-10H2. The van der Waals surface area contributed by atoms with E-state index in [0.29, 0.717) is 34.0 Å². The predicted octanol–water partition coefficient (Wildman–Crippen LogP) is 9.31. The zero-order chi connectivity index (χ0) is 26.7. The van der Waals surface area contributed by atoms with Crippen molar-refractivity contribution >= 4 is 66.4 Å². The van der Waals surface area contributed by atoms with Gasteiger partial charge in [0.1, 0.15) is 0 Å². The van der Waals surface area contributed by atoms with Crippen LogP contribution in [-0.4, -0.2) is 9.85 Å². The van der Waals surface area contributed by atoms with Crippen LogP contribution in [0.1, 0.15) is 22.3 Å². The van der Waals surface area contributed by atoms with Gasteiger partial charge in [0, 0.05) is 31.1 Å². The van der Waals surface area contributed by atoms with E-state index >= 15 is 0 Å². The molecule has 11 heteroatoms. The van der Waals surface area contributed by atoms with Gasteiger partial charge in [-0.1, -0.05) is 79.3 Å². The predicted molar refractivity (Wildman–Crippen MR) is 150 cm³/mol. The summed E-state index contributed by atoms with van der Waals surface area (Å²) < 4.78 is 7.28. The molecule has 37 heavy (non-hydrogen) atoms. The smallest absolute Gasteiger partial charge is 0.311 e. The van der Waals surface area contributed by atoms with Crippen molar-refractivity contribution in [1.29, 1.82) is 0 Å². The van der Waals surface area contributed by atoms with Crippen molar-refractivity contribution in [2.24, 2.45) is 0 Å². The van der Waals surface area contributed by atoms with Crippen LogP contribution in [0.5, 0.6) is 11.5 Å². The molecule has 0 aliphatic carbocycles. The molecule has 4 rings (SSSR count). The summed E-state index contributed by atoms with van der Waals surface area (Å²) in [5.41, 5.74) is 2.52. The third kappa shape index (κ3) is 6.67. The maximum atomic E-state index is 11.8. The van der Waals surface area contributed by atoms with E-state index in [4.69, 9.17) is 27.9 Å². The summed E-state index contributed by atoms with van der Waals surface area (Å²) in [5.74, 6) is -0.194. The molecule has 0 atom stereocenters. The van der Waals surface area contributed by atoms with Crippen molar-refractivity contribution < 1.29 is 14.6 Å². The number of rotatable bonds is 8. The molecule has 0 fully saturated rings. The Labute approximate surface area is 238 Å². The summed E-state index contributed by atoms with van der Waals surface area (Å²) in [6, 6.07) is 19.7. The van der Waals surface area contributed by atoms with E-state index in [1.807, 2.05) is 12.1 Å². The number of hydrogen-bond acceptors (Lipinski definition) is 5. The third-order valence-corrected chi connectivity index (χ3v) is 7.43. The lowest BCUT2D eigenvalue weighted by Crippen LogP contribution is -2.00. The zero-order valence-electron chi connectivity index (χ0n) is 18.8. The van der Waals surface area contributed by atoms with Gasteiger partial charge in [-0.15, -0.1) is 0 Å². The summed E-state index contributed by atoms with van der Waals surface area (Å²) in [4.78, 5) is 22.5. The number of nitrogens with zero attached hydrogens (tertiary/aromatic N) is 2. The van der Waals surface area contributed by atoms with E-state index in [-0.39, 0.29) is 22.9 Å². The Bertz CT molecular complexity index is 1420. The summed E-state index contributed by atoms with van der Waals surface area (Å²) in [7, 11) is 0. The molecule has 0 saturated carbocycles. The summed E-state index contributed by atoms with van der Waals surface area (Å²) in [6.07, 6.45) is 0.821. The second-order valence-electron chi connectivity index (χ2n) is 8.05. The highest BCUT2D eigenvalue weighted by atomic mass is 79.9. The minimum atomic E-state index is -0.575. The Morgan fingerprint density at radius 1 is 0.649 bits per heavy atom. The van der Waals surface area contributed by atoms with Gasteiger partial charge in [0.15, 0.2) is 0 Å². The van der Waals surface area contributed by atoms with Crippen LogP contribution in [0.3, 0.4) is 0 Å². The van der Waals surface area contributed by atoms with Gasteiger partial charge in [0.05, 0.1) is 9.85 Å². The lowest BCUT2D eigenvalue weighted by atomic mass is 10.0. The highest BCUT2D eigenvalue weighted by Crippen LogP contribution is 2.38. The van der Waals surface area contributed by atoms with Crippen molar-refractivity contribution in [3.05, 3.63) is 134 Å². The number of nitro benzene ring substituents is 2. The van der Waals surface area contributed by atoms with Gasteiger partial charge >= 0.3 is 11.4 Å². The monoisotopic (exact) mass is 664 g/mol. The van der Waals surface area contributed by atoms with Gasteiger partial charge in [-0.05, 0) is 71.5 Å². The van der Waals surface area contributed by atoms with E-state index in [1.54, 1.807) is 36.4 Å². The first kappa shape index (κ1) is 27.1. The van der Waals surface area contributed by atoms with E-state index < -0.39 is 9.85 Å². The largest absolute Gasteiger partial charge is 0.443 e. The van der Waals surface area contributed by atoms with Crippen LogP contribution < -0.4 is 4.74 Å². The van der Waals surface area contributed by atoms with Crippen LogP contribution in [0.2, 0.25) is 10.0 Å². The van der Waals surface area contributed by atoms with Gasteiger partial charge in [0.25, 0.3) is 0 Å². The van der Waals surface area contributed by atoms with Gasteiger partial charge in [0.2, 0.25) is 11.5 Å². The molecule has 0 amide bonds. The quantitative estimate of drug-likeness (QED) is 0.138. The molecular weight excluding hydrogens is 651 g/mol. The van der Waals surface area contributed by atoms with Crippen molar-refractivity contribution in [2.75, 3.05) is 0 Å². The average molecular weight is 667 g/mol. The van der Waals surface area contributed by atoms with Crippen LogP contribution in [0.15, 0.2) is 81.7 Å². The molecule has 4 aromatic rings. The van der Waals surface area contributed by atoms with Crippen LogP contribution in [0, 0.1) is 20.2 Å². The Balaban J connectivity index is 1.62. The number of nitro groups is 2. The van der Waals surface area contributed by atoms with E-state index in [1.165, 1.54) is 24.3 Å². The Morgan fingerprint density at radius 3 is 1.41 bits per heavy atom. The SMILES string of the molecule is O=[N+]([O-])c1cc(Cc2ccc(Cl)cc2Br)ccc1Oc1ccc(Cc2ccc(Cl)cc2Br)cc1[N+](=O)[O-]. The molecular formula is C26H16Br2Cl2N2O5. The fourth-order valence-electron chi connectivity index (χ4n) is 3.69. The van der Waals surface area contributed by atoms with Crippen molar-refractivity contribution in [1.82, 2.24) is 0 Å². The van der Waals surface area contributed by atoms with Gasteiger partial charge in [-0.3, -0.25) is 20.2 Å². The van der Waals surface area contributed by atoms with Crippen LogP contribution in [-0.2, 0) is 12.8 Å². The molecule has 7 nitrogen and oxygen atoms in total. The second kappa shape index (κ2) is 11.6. The molecule has 0 heterocycles. The van der Waals surface area contributed by atoms with Crippen LogP contribution in [0.4, 0.5) is 11.4 Å². The Hall–Kier alpha value is -2.98. The fraction of sp³-hybridized carbons (Fsp3) is 0.0769. The Kier molecular flexibility index (Phi) is 8.49. The summed E-state index contributed by atoms with van der Waals surface area (Å²) in [5, 5.41) is 24.8. The highest BCUT2D eigenvalue weighted by molar-refractivity contribution is 9.10. The second-order valence-corrected chi connectivity index (χ2v) is 10.6. The first-order chi connectivity index (χ1) is 17.6. The minimum Gasteiger partial charge on any atom is -0.443 e. The van der Waals surface area contributed by atoms with Crippen LogP contribution in [0.25, 0.3) is 0 Å². The normalized spacial score (nSPS) is 10.8. The fourth-order valence-corrected chi connectivity index (χ4v) is 5.34. The third-order valence-electron chi connectivity index (χ3n) is 5.48. The molecule has 0 bridgehead atoms. The van der Waals surface area contributed by atoms with Gasteiger partial charge in [-0.25, -0.2) is 0 Å². The van der Waals surface area contributed by atoms with Crippen LogP contribution >= 0.6 is 55.1 Å². The number of hydrogen-bond donors (Lipinski definition) is 0. The zero-order valence-corrected chi connectivity index (χ0v) is 23.5. The molecule has 0 N–H and O–H groups in total. The van der Waals surface area contributed by atoms with E-state index in [2.05, 4.69) is 31.9 Å². The molecule has 4 aromatic carbocycles. The molecule has 0 aliphatic heterocycles. The topological polar surface area (TPSA) is 95.5 Å². The lowest BCUT2D eigenvalue weighted by molar-refractivity contribution is -0.387. The maximum absolute atomic E-state index is 11.8. The molecule has 0 aliphatic rings. The van der Waals surface area contributed by atoms with Crippen molar-refractivity contribution in [3.8, 4) is 11.5 Å². The summed E-state index contributed by atoms with van der Waals surface area (Å²) >= 11 is 18.9. The van der Waals surface area contributed by atoms with E-state index in [9.17, 15) is 20.2 Å². The lowest BCUT2D eigenvalue weighted by Gasteiger charge is -2.11. The molecule has 0 saturated heterocycles. The van der Waals surface area contributed by atoms with Gasteiger partial charge < -0.3 is 4.74 Å². The Morgan fingerprint density at radius 2 is 1.05 bits per heavy atom. The van der Waals surface area contributed by atoms with Crippen molar-refractivity contribution in [3.63, 3.8) is 0 Å². The first-order valence-electron chi connectivity index (χ1n) is 10.7. The maximum Gasteiger partial charge on any atom is 0.311 e. The number of benzene rings is 4. The van der Waals surface area contributed by atoms with Gasteiger partial charge in [-0.2, -0.15) is 0 Å². The van der Waals surface area contributed by atoms with Crippen molar-refractivity contribution in [2.45, 2.75) is 12.8 Å². The molecule has 0 radical (unpaired) electrons. The van der Waals surface area contributed by atoms with E-state index in [0.717, 1.165) is 20.1 Å². The number of ether oxygens (including phenoxy) is 1.